The summed E-state index contributed by atoms with van der Waals surface area (Å²) in [5.74, 6) is -1.07. The van der Waals surface area contributed by atoms with Gasteiger partial charge < -0.3 is 10.4 Å². The molecule has 0 unspecified atom stereocenters. The molecular weight excluding hydrogens is 326 g/mol. The lowest BCUT2D eigenvalue weighted by Gasteiger charge is -2.09. The number of nitrogens with one attached hydrogen (secondary N) is 1. The van der Waals surface area contributed by atoms with Crippen molar-refractivity contribution in [1.29, 1.82) is 0 Å². The Bertz CT molecular complexity index is 903. The Kier molecular flexibility index (Phi) is 5.03. The largest absolute Gasteiger partial charge is 0.481 e. The van der Waals surface area contributed by atoms with Crippen LogP contribution in [-0.2, 0) is 9.59 Å². The summed E-state index contributed by atoms with van der Waals surface area (Å²) >= 11 is 0. The summed E-state index contributed by atoms with van der Waals surface area (Å²) in [6, 6.07) is 15.7. The molecule has 0 atom stereocenters. The van der Waals surface area contributed by atoms with Crippen molar-refractivity contribution in [2.45, 2.75) is 26.7 Å². The van der Waals surface area contributed by atoms with Gasteiger partial charge in [0, 0.05) is 17.7 Å². The third kappa shape index (κ3) is 3.91. The number of aliphatic carboxylic acids is 1. The van der Waals surface area contributed by atoms with Gasteiger partial charge in [-0.2, -0.15) is 0 Å². The lowest BCUT2D eigenvalue weighted by molar-refractivity contribution is -0.136. The summed E-state index contributed by atoms with van der Waals surface area (Å²) in [6.07, 6.45) is 2.11. The molecule has 1 amide bonds. The predicted molar refractivity (Wildman–Crippen MR) is 102 cm³/mol. The number of allylic oxidation sites excluding steroid dienone is 1. The molecule has 0 fully saturated rings. The monoisotopic (exact) mass is 347 g/mol. The minimum atomic E-state index is -0.878. The molecule has 0 saturated carbocycles. The summed E-state index contributed by atoms with van der Waals surface area (Å²) in [5, 5.41) is 12.0. The van der Waals surface area contributed by atoms with Gasteiger partial charge in [-0.05, 0) is 43.0 Å². The molecule has 0 spiro atoms. The Morgan fingerprint density at radius 1 is 0.923 bits per heavy atom. The van der Waals surface area contributed by atoms with E-state index in [1.165, 1.54) is 0 Å². The highest BCUT2D eigenvalue weighted by Gasteiger charge is 2.23. The zero-order chi connectivity index (χ0) is 18.7. The average Bonchev–Trinajstić information content (AvgIpc) is 2.99. The number of benzene rings is 2. The van der Waals surface area contributed by atoms with Crippen LogP contribution in [0.4, 0.5) is 0 Å². The Morgan fingerprint density at radius 2 is 1.50 bits per heavy atom. The second kappa shape index (κ2) is 7.40. The van der Waals surface area contributed by atoms with E-state index in [0.717, 1.165) is 33.5 Å². The second-order valence-electron chi connectivity index (χ2n) is 6.53. The van der Waals surface area contributed by atoms with Crippen molar-refractivity contribution in [3.05, 3.63) is 82.4 Å². The van der Waals surface area contributed by atoms with Crippen molar-refractivity contribution in [2.24, 2.45) is 0 Å². The topological polar surface area (TPSA) is 66.4 Å². The fourth-order valence-corrected chi connectivity index (χ4v) is 2.97. The van der Waals surface area contributed by atoms with Crippen LogP contribution < -0.4 is 5.32 Å². The highest BCUT2D eigenvalue weighted by atomic mass is 16.4. The fourth-order valence-electron chi connectivity index (χ4n) is 2.97. The van der Waals surface area contributed by atoms with Gasteiger partial charge in [0.25, 0.3) is 5.91 Å². The molecule has 2 N–H and O–H groups in total. The number of amides is 1. The number of carbonyl (C=O) groups excluding carboxylic acids is 1. The smallest absolute Gasteiger partial charge is 0.303 e. The maximum atomic E-state index is 12.6. The molecule has 3 rings (SSSR count). The number of hydrogen-bond acceptors (Lipinski definition) is 2. The maximum Gasteiger partial charge on any atom is 0.303 e. The van der Waals surface area contributed by atoms with Crippen molar-refractivity contribution in [3.8, 4) is 0 Å². The highest BCUT2D eigenvalue weighted by Crippen LogP contribution is 2.30. The molecule has 0 saturated heterocycles. The maximum absolute atomic E-state index is 12.6. The van der Waals surface area contributed by atoms with E-state index in [-0.39, 0.29) is 12.3 Å². The number of hydrogen-bond donors (Lipinski definition) is 2. The molecule has 4 nitrogen and oxygen atoms in total. The zero-order valence-corrected chi connectivity index (χ0v) is 14.9. The van der Waals surface area contributed by atoms with Gasteiger partial charge in [-0.25, -0.2) is 0 Å². The van der Waals surface area contributed by atoms with Crippen LogP contribution in [0.3, 0.4) is 0 Å². The first-order valence-electron chi connectivity index (χ1n) is 8.56. The molecule has 4 heteroatoms. The lowest BCUT2D eigenvalue weighted by Crippen LogP contribution is -2.17. The summed E-state index contributed by atoms with van der Waals surface area (Å²) < 4.78 is 0. The minimum absolute atomic E-state index is 0.0201. The Balaban J connectivity index is 2.05. The normalized spacial score (nSPS) is 15.5. The molecule has 1 aliphatic rings. The van der Waals surface area contributed by atoms with Crippen LogP contribution in [0.15, 0.2) is 60.2 Å². The SMILES string of the molecule is Cc1ccc(C2=C/C(=C(/CCC(=O)O)c3ccc(C)cc3)C(=O)N2)cc1. The van der Waals surface area contributed by atoms with Crippen molar-refractivity contribution in [3.63, 3.8) is 0 Å². The standard InChI is InChI=1S/C22H21NO3/c1-14-3-7-16(8-4-14)18(11-12-21(24)25)19-13-20(23-22(19)26)17-9-5-15(2)6-10-17/h3-10,13H,11-12H2,1-2H3,(H,23,26)(H,24,25)/b19-18+. The van der Waals surface area contributed by atoms with E-state index >= 15 is 0 Å². The first-order valence-corrected chi connectivity index (χ1v) is 8.56. The Labute approximate surface area is 152 Å². The molecule has 0 aromatic heterocycles. The van der Waals surface area contributed by atoms with Crippen molar-refractivity contribution in [2.75, 3.05) is 0 Å². The summed E-state index contributed by atoms with van der Waals surface area (Å²) in [4.78, 5) is 23.6. The fraction of sp³-hybridized carbons (Fsp3) is 0.182. The first kappa shape index (κ1) is 17.7. The molecule has 2 aromatic carbocycles. The van der Waals surface area contributed by atoms with Gasteiger partial charge in [-0.1, -0.05) is 59.7 Å². The van der Waals surface area contributed by atoms with Crippen molar-refractivity contribution >= 4 is 23.1 Å². The molecule has 2 aromatic rings. The summed E-state index contributed by atoms with van der Waals surface area (Å²) in [5.41, 5.74) is 6.10. The van der Waals surface area contributed by atoms with Crippen molar-refractivity contribution in [1.82, 2.24) is 5.32 Å². The zero-order valence-electron chi connectivity index (χ0n) is 14.9. The predicted octanol–water partition coefficient (Wildman–Crippen LogP) is 4.09. The molecule has 0 radical (unpaired) electrons. The number of carboxylic acids is 1. The van der Waals surface area contributed by atoms with Crippen LogP contribution in [-0.4, -0.2) is 17.0 Å². The van der Waals surface area contributed by atoms with Gasteiger partial charge in [0.2, 0.25) is 0 Å². The molecule has 132 valence electrons. The van der Waals surface area contributed by atoms with Gasteiger partial charge >= 0.3 is 5.97 Å². The van der Waals surface area contributed by atoms with E-state index in [1.54, 1.807) is 0 Å². The van der Waals surface area contributed by atoms with E-state index in [2.05, 4.69) is 5.32 Å². The van der Waals surface area contributed by atoms with Gasteiger partial charge in [0.1, 0.15) is 0 Å². The van der Waals surface area contributed by atoms with Gasteiger partial charge in [0.15, 0.2) is 0 Å². The van der Waals surface area contributed by atoms with E-state index in [4.69, 9.17) is 5.11 Å². The van der Waals surface area contributed by atoms with Crippen LogP contribution in [0.1, 0.15) is 35.1 Å². The van der Waals surface area contributed by atoms with Crippen LogP contribution in [0.2, 0.25) is 0 Å². The molecule has 1 aliphatic heterocycles. The van der Waals surface area contributed by atoms with Crippen LogP contribution in [0.25, 0.3) is 11.3 Å². The molecule has 1 heterocycles. The number of rotatable bonds is 5. The van der Waals surface area contributed by atoms with Gasteiger partial charge in [0.05, 0.1) is 0 Å². The van der Waals surface area contributed by atoms with Crippen molar-refractivity contribution < 1.29 is 14.7 Å². The quantitative estimate of drug-likeness (QED) is 0.801. The number of carboxylic acid groups (broad SMARTS) is 1. The third-order valence-electron chi connectivity index (χ3n) is 4.46. The molecule has 0 bridgehead atoms. The molecule has 0 aliphatic carbocycles. The van der Waals surface area contributed by atoms with E-state index in [9.17, 15) is 9.59 Å². The van der Waals surface area contributed by atoms with E-state index in [0.29, 0.717) is 12.0 Å². The van der Waals surface area contributed by atoms with Crippen LogP contribution >= 0.6 is 0 Å². The molecule has 26 heavy (non-hydrogen) atoms. The van der Waals surface area contributed by atoms with Gasteiger partial charge in [-0.15, -0.1) is 0 Å². The highest BCUT2D eigenvalue weighted by molar-refractivity contribution is 6.13. The first-order chi connectivity index (χ1) is 12.4. The minimum Gasteiger partial charge on any atom is -0.481 e. The van der Waals surface area contributed by atoms with Crippen LogP contribution in [0.5, 0.6) is 0 Å². The summed E-state index contributed by atoms with van der Waals surface area (Å²) in [7, 11) is 0. The van der Waals surface area contributed by atoms with Gasteiger partial charge in [-0.3, -0.25) is 9.59 Å². The Hall–Kier alpha value is -3.14. The number of aryl methyl sites for hydroxylation is 2. The average molecular weight is 347 g/mol. The third-order valence-corrected chi connectivity index (χ3v) is 4.46. The number of carbonyl (C=O) groups is 2. The van der Waals surface area contributed by atoms with E-state index in [1.807, 2.05) is 68.5 Å². The van der Waals surface area contributed by atoms with Crippen LogP contribution in [0, 0.1) is 13.8 Å². The molecular formula is C22H21NO3. The second-order valence-corrected chi connectivity index (χ2v) is 6.53. The Morgan fingerprint density at radius 3 is 2.08 bits per heavy atom. The van der Waals surface area contributed by atoms with E-state index < -0.39 is 5.97 Å². The lowest BCUT2D eigenvalue weighted by atomic mass is 9.94. The summed E-state index contributed by atoms with van der Waals surface area (Å²) in [6.45, 7) is 4.00.